The summed E-state index contributed by atoms with van der Waals surface area (Å²) >= 11 is 0. The fraction of sp³-hybridized carbons (Fsp3) is 0.316. The average Bonchev–Trinajstić information content (AvgIpc) is 2.62. The largest absolute Gasteiger partial charge is 0.331 e. The molecule has 26 heavy (non-hydrogen) atoms. The molecule has 0 aromatic heterocycles. The van der Waals surface area contributed by atoms with Crippen LogP contribution in [0.15, 0.2) is 47.4 Å². The number of hydrogen-bond acceptors (Lipinski definition) is 3. The summed E-state index contributed by atoms with van der Waals surface area (Å²) in [6.45, 7) is 0. The van der Waals surface area contributed by atoms with Gasteiger partial charge in [-0.25, -0.2) is 13.2 Å². The predicted molar refractivity (Wildman–Crippen MR) is 103 cm³/mol. The van der Waals surface area contributed by atoms with Crippen LogP contribution >= 0.6 is 0 Å². The molecule has 0 fully saturated rings. The molecule has 7 heteroatoms. The Morgan fingerprint density at radius 3 is 2.31 bits per heavy atom. The molecule has 2 aromatic carbocycles. The van der Waals surface area contributed by atoms with Gasteiger partial charge in [-0.15, -0.1) is 0 Å². The highest BCUT2D eigenvalue weighted by molar-refractivity contribution is 7.92. The van der Waals surface area contributed by atoms with Crippen molar-refractivity contribution < 1.29 is 13.2 Å². The van der Waals surface area contributed by atoms with Crippen molar-refractivity contribution >= 4 is 27.4 Å². The third kappa shape index (κ3) is 3.99. The van der Waals surface area contributed by atoms with E-state index in [1.165, 1.54) is 10.5 Å². The number of amides is 2. The maximum Gasteiger partial charge on any atom is 0.321 e. The number of fused-ring (bicyclic) bond motifs is 1. The molecule has 0 radical (unpaired) electrons. The highest BCUT2D eigenvalue weighted by Gasteiger charge is 2.19. The Morgan fingerprint density at radius 1 is 0.962 bits per heavy atom. The summed E-state index contributed by atoms with van der Waals surface area (Å²) in [5.41, 5.74) is 3.08. The molecule has 1 aliphatic carbocycles. The Kier molecular flexibility index (Phi) is 5.18. The number of aryl methyl sites for hydroxylation is 2. The number of anilines is 2. The molecule has 6 nitrogen and oxygen atoms in total. The zero-order valence-electron chi connectivity index (χ0n) is 15.0. The lowest BCUT2D eigenvalue weighted by Gasteiger charge is -2.18. The third-order valence-corrected chi connectivity index (χ3v) is 5.81. The number of benzene rings is 2. The molecule has 0 spiro atoms. The summed E-state index contributed by atoms with van der Waals surface area (Å²) in [5.74, 6) is 0. The summed E-state index contributed by atoms with van der Waals surface area (Å²) in [6.07, 6.45) is 4.15. The van der Waals surface area contributed by atoms with Gasteiger partial charge in [0.1, 0.15) is 0 Å². The molecule has 0 bridgehead atoms. The zero-order chi connectivity index (χ0) is 18.7. The molecule has 2 N–H and O–H groups in total. The number of rotatable bonds is 4. The lowest BCUT2D eigenvalue weighted by Crippen LogP contribution is -2.28. The Hall–Kier alpha value is -2.54. The minimum Gasteiger partial charge on any atom is -0.331 e. The van der Waals surface area contributed by atoms with Crippen LogP contribution in [0, 0.1) is 0 Å². The fourth-order valence-electron chi connectivity index (χ4n) is 2.99. The number of para-hydroxylation sites is 2. The Bertz CT molecular complexity index is 923. The molecule has 2 amide bonds. The normalized spacial score (nSPS) is 13.6. The van der Waals surface area contributed by atoms with Crippen LogP contribution in [-0.2, 0) is 22.9 Å². The zero-order valence-corrected chi connectivity index (χ0v) is 15.8. The molecular weight excluding hydrogens is 350 g/mol. The minimum atomic E-state index is -3.74. The van der Waals surface area contributed by atoms with Gasteiger partial charge in [0.15, 0.2) is 0 Å². The van der Waals surface area contributed by atoms with E-state index < -0.39 is 10.0 Å². The van der Waals surface area contributed by atoms with Crippen LogP contribution < -0.4 is 10.0 Å². The maximum atomic E-state index is 12.8. The van der Waals surface area contributed by atoms with Crippen molar-refractivity contribution in [2.24, 2.45) is 0 Å². The van der Waals surface area contributed by atoms with Gasteiger partial charge in [0.2, 0.25) is 0 Å². The molecule has 1 aliphatic rings. The van der Waals surface area contributed by atoms with Crippen LogP contribution in [0.5, 0.6) is 0 Å². The van der Waals surface area contributed by atoms with Gasteiger partial charge in [0.05, 0.1) is 16.3 Å². The van der Waals surface area contributed by atoms with Crippen molar-refractivity contribution in [1.82, 2.24) is 4.90 Å². The summed E-state index contributed by atoms with van der Waals surface area (Å²) in [7, 11) is -0.500. The number of carbonyl (C=O) groups is 1. The highest BCUT2D eigenvalue weighted by Crippen LogP contribution is 2.27. The summed E-state index contributed by atoms with van der Waals surface area (Å²) in [4.78, 5) is 13.5. The first-order chi connectivity index (χ1) is 12.4. The lowest BCUT2D eigenvalue weighted by atomic mass is 9.92. The van der Waals surface area contributed by atoms with Crippen LogP contribution in [0.3, 0.4) is 0 Å². The summed E-state index contributed by atoms with van der Waals surface area (Å²) < 4.78 is 28.2. The molecule has 2 aromatic rings. The van der Waals surface area contributed by atoms with Gasteiger partial charge in [-0.1, -0.05) is 18.2 Å². The smallest absolute Gasteiger partial charge is 0.321 e. The van der Waals surface area contributed by atoms with E-state index in [1.54, 1.807) is 50.5 Å². The van der Waals surface area contributed by atoms with Crippen LogP contribution in [0.2, 0.25) is 0 Å². The molecule has 0 heterocycles. The molecular formula is C19H23N3O3S. The van der Waals surface area contributed by atoms with E-state index in [4.69, 9.17) is 0 Å². The second-order valence-corrected chi connectivity index (χ2v) is 8.30. The first-order valence-electron chi connectivity index (χ1n) is 8.59. The van der Waals surface area contributed by atoms with E-state index in [9.17, 15) is 13.2 Å². The van der Waals surface area contributed by atoms with E-state index in [0.717, 1.165) is 31.2 Å². The van der Waals surface area contributed by atoms with E-state index in [0.29, 0.717) is 11.4 Å². The van der Waals surface area contributed by atoms with Crippen LogP contribution in [-0.4, -0.2) is 33.4 Å². The standard InChI is InChI=1S/C19H23N3O3S/c1-22(2)19(23)20-17-9-5-6-10-18(17)21-26(24,25)16-12-11-14-7-3-4-8-15(14)13-16/h5-6,9-13,21H,3-4,7-8H2,1-2H3,(H,20,23). The number of nitrogens with one attached hydrogen (secondary N) is 2. The number of sulfonamides is 1. The van der Waals surface area contributed by atoms with Gasteiger partial charge in [-0.2, -0.15) is 0 Å². The maximum absolute atomic E-state index is 12.8. The Labute approximate surface area is 154 Å². The van der Waals surface area contributed by atoms with Crippen molar-refractivity contribution in [3.05, 3.63) is 53.6 Å². The Balaban J connectivity index is 1.87. The first kappa shape index (κ1) is 18.3. The highest BCUT2D eigenvalue weighted by atomic mass is 32.2. The molecule has 3 rings (SSSR count). The van der Waals surface area contributed by atoms with Crippen molar-refractivity contribution in [2.45, 2.75) is 30.6 Å². The SMILES string of the molecule is CN(C)C(=O)Nc1ccccc1NS(=O)(=O)c1ccc2c(c1)CCCC2. The van der Waals surface area contributed by atoms with Gasteiger partial charge < -0.3 is 10.2 Å². The van der Waals surface area contributed by atoms with Crippen LogP contribution in [0.4, 0.5) is 16.2 Å². The van der Waals surface area contributed by atoms with Crippen molar-refractivity contribution in [3.63, 3.8) is 0 Å². The van der Waals surface area contributed by atoms with Crippen LogP contribution in [0.25, 0.3) is 0 Å². The van der Waals surface area contributed by atoms with Crippen molar-refractivity contribution in [3.8, 4) is 0 Å². The van der Waals surface area contributed by atoms with Gasteiger partial charge >= 0.3 is 6.03 Å². The monoisotopic (exact) mass is 373 g/mol. The number of carbonyl (C=O) groups excluding carboxylic acids is 1. The molecule has 0 saturated heterocycles. The third-order valence-electron chi connectivity index (χ3n) is 4.45. The van der Waals surface area contributed by atoms with E-state index >= 15 is 0 Å². The summed E-state index contributed by atoms with van der Waals surface area (Å²) in [6, 6.07) is 11.7. The topological polar surface area (TPSA) is 78.5 Å². The van der Waals surface area contributed by atoms with E-state index in [-0.39, 0.29) is 10.9 Å². The van der Waals surface area contributed by atoms with Crippen molar-refractivity contribution in [2.75, 3.05) is 24.1 Å². The predicted octanol–water partition coefficient (Wildman–Crippen LogP) is 3.46. The van der Waals surface area contributed by atoms with Gasteiger partial charge in [0, 0.05) is 14.1 Å². The minimum absolute atomic E-state index is 0.242. The second kappa shape index (κ2) is 7.37. The molecule has 0 aliphatic heterocycles. The number of nitrogens with zero attached hydrogens (tertiary/aromatic N) is 1. The number of urea groups is 1. The first-order valence-corrected chi connectivity index (χ1v) is 10.1. The molecule has 138 valence electrons. The molecule has 0 atom stereocenters. The van der Waals surface area contributed by atoms with E-state index in [1.807, 2.05) is 6.07 Å². The van der Waals surface area contributed by atoms with Gasteiger partial charge in [0.25, 0.3) is 10.0 Å². The summed E-state index contributed by atoms with van der Waals surface area (Å²) in [5, 5.41) is 2.69. The van der Waals surface area contributed by atoms with Gasteiger partial charge in [-0.05, 0) is 61.1 Å². The average molecular weight is 373 g/mol. The molecule has 0 saturated carbocycles. The quantitative estimate of drug-likeness (QED) is 0.861. The lowest BCUT2D eigenvalue weighted by molar-refractivity contribution is 0.230. The van der Waals surface area contributed by atoms with Crippen LogP contribution in [0.1, 0.15) is 24.0 Å². The fourth-order valence-corrected chi connectivity index (χ4v) is 4.12. The van der Waals surface area contributed by atoms with Gasteiger partial charge in [-0.3, -0.25) is 4.72 Å². The van der Waals surface area contributed by atoms with Crippen molar-refractivity contribution in [1.29, 1.82) is 0 Å². The molecule has 0 unspecified atom stereocenters. The second-order valence-electron chi connectivity index (χ2n) is 6.61. The van der Waals surface area contributed by atoms with E-state index in [2.05, 4.69) is 10.0 Å². The number of hydrogen-bond donors (Lipinski definition) is 2. The Morgan fingerprint density at radius 2 is 1.62 bits per heavy atom.